The maximum atomic E-state index is 9.85. The monoisotopic (exact) mass is 271 g/mol. The lowest BCUT2D eigenvalue weighted by atomic mass is 9.93. The zero-order valence-corrected chi connectivity index (χ0v) is 11.3. The van der Waals surface area contributed by atoms with Crippen LogP contribution >= 0.6 is 15.9 Å². The Bertz CT molecular complexity index is 357. The van der Waals surface area contributed by atoms with E-state index < -0.39 is 0 Å². The molecule has 1 rings (SSSR count). The van der Waals surface area contributed by atoms with Gasteiger partial charge in [0.2, 0.25) is 0 Å². The highest BCUT2D eigenvalue weighted by atomic mass is 79.9. The first-order valence-electron chi connectivity index (χ1n) is 5.09. The van der Waals surface area contributed by atoms with Crippen molar-refractivity contribution in [3.05, 3.63) is 26.7 Å². The Labute approximate surface area is 99.6 Å². The molecule has 0 saturated heterocycles. The van der Waals surface area contributed by atoms with Gasteiger partial charge in [0, 0.05) is 6.04 Å². The molecule has 0 fully saturated rings. The zero-order valence-electron chi connectivity index (χ0n) is 9.69. The third-order valence-corrected chi connectivity index (χ3v) is 3.86. The maximum Gasteiger partial charge on any atom is 0.133 e. The molecule has 2 nitrogen and oxygen atoms in total. The molecule has 0 spiro atoms. The molecule has 1 atom stereocenters. The summed E-state index contributed by atoms with van der Waals surface area (Å²) in [7, 11) is 0. The van der Waals surface area contributed by atoms with E-state index in [4.69, 9.17) is 5.73 Å². The summed E-state index contributed by atoms with van der Waals surface area (Å²) in [5.41, 5.74) is 10.2. The standard InChI is InChI=1S/C12H18BrNO/c1-6(14)5-10-7(2)8(3)12(15)11(13)9(10)4/h6,15H,5,14H2,1-4H3. The Morgan fingerprint density at radius 2 is 1.73 bits per heavy atom. The van der Waals surface area contributed by atoms with E-state index in [9.17, 15) is 5.11 Å². The van der Waals surface area contributed by atoms with E-state index in [0.717, 1.165) is 27.6 Å². The first kappa shape index (κ1) is 12.5. The van der Waals surface area contributed by atoms with Gasteiger partial charge in [-0.25, -0.2) is 0 Å². The first-order chi connectivity index (χ1) is 6.86. The summed E-state index contributed by atoms with van der Waals surface area (Å²) >= 11 is 3.41. The summed E-state index contributed by atoms with van der Waals surface area (Å²) in [6, 6.07) is 0.137. The molecule has 84 valence electrons. The van der Waals surface area contributed by atoms with Crippen LogP contribution < -0.4 is 5.73 Å². The van der Waals surface area contributed by atoms with Crippen LogP contribution in [0.5, 0.6) is 5.75 Å². The number of benzene rings is 1. The molecule has 0 heterocycles. The predicted molar refractivity (Wildman–Crippen MR) is 67.4 cm³/mol. The molecule has 0 aliphatic rings. The fourth-order valence-electron chi connectivity index (χ4n) is 1.79. The molecule has 0 aromatic heterocycles. The lowest BCUT2D eigenvalue weighted by Gasteiger charge is -2.17. The van der Waals surface area contributed by atoms with Gasteiger partial charge in [0.05, 0.1) is 4.47 Å². The van der Waals surface area contributed by atoms with Gasteiger partial charge < -0.3 is 10.8 Å². The average molecular weight is 272 g/mol. The minimum absolute atomic E-state index is 0.137. The van der Waals surface area contributed by atoms with Crippen molar-refractivity contribution in [3.63, 3.8) is 0 Å². The molecular weight excluding hydrogens is 254 g/mol. The lowest BCUT2D eigenvalue weighted by molar-refractivity contribution is 0.466. The minimum Gasteiger partial charge on any atom is -0.506 e. The van der Waals surface area contributed by atoms with Crippen LogP contribution in [0.4, 0.5) is 0 Å². The molecule has 1 unspecified atom stereocenters. The Morgan fingerprint density at radius 3 is 2.20 bits per heavy atom. The Hall–Kier alpha value is -0.540. The summed E-state index contributed by atoms with van der Waals surface area (Å²) < 4.78 is 0.793. The van der Waals surface area contributed by atoms with Crippen LogP contribution in [0.1, 0.15) is 29.2 Å². The third kappa shape index (κ3) is 2.34. The number of halogens is 1. The molecule has 3 N–H and O–H groups in total. The smallest absolute Gasteiger partial charge is 0.133 e. The number of rotatable bonds is 2. The molecule has 0 amide bonds. The summed E-state index contributed by atoms with van der Waals surface area (Å²) in [4.78, 5) is 0. The zero-order chi connectivity index (χ0) is 11.7. The second-order valence-corrected chi connectivity index (χ2v) is 4.99. The highest BCUT2D eigenvalue weighted by Crippen LogP contribution is 2.36. The normalized spacial score (nSPS) is 12.9. The number of aromatic hydroxyl groups is 1. The number of hydrogen-bond acceptors (Lipinski definition) is 2. The van der Waals surface area contributed by atoms with E-state index in [2.05, 4.69) is 15.9 Å². The summed E-state index contributed by atoms with van der Waals surface area (Å²) in [5, 5.41) is 9.85. The predicted octanol–water partition coefficient (Wildman–Crippen LogP) is 2.97. The number of nitrogens with two attached hydrogens (primary N) is 1. The van der Waals surface area contributed by atoms with Crippen molar-refractivity contribution in [2.24, 2.45) is 5.73 Å². The van der Waals surface area contributed by atoms with Crippen LogP contribution in [-0.2, 0) is 6.42 Å². The molecule has 15 heavy (non-hydrogen) atoms. The molecule has 3 heteroatoms. The van der Waals surface area contributed by atoms with Crippen molar-refractivity contribution >= 4 is 15.9 Å². The van der Waals surface area contributed by atoms with Crippen LogP contribution in [0.2, 0.25) is 0 Å². The second kappa shape index (κ2) is 4.54. The van der Waals surface area contributed by atoms with E-state index in [1.165, 1.54) is 5.56 Å². The molecule has 1 aromatic rings. The fraction of sp³-hybridized carbons (Fsp3) is 0.500. The second-order valence-electron chi connectivity index (χ2n) is 4.20. The van der Waals surface area contributed by atoms with E-state index in [-0.39, 0.29) is 6.04 Å². The molecular formula is C12H18BrNO. The lowest BCUT2D eigenvalue weighted by Crippen LogP contribution is -2.19. The van der Waals surface area contributed by atoms with Crippen LogP contribution in [0, 0.1) is 20.8 Å². The Kier molecular flexibility index (Phi) is 3.79. The summed E-state index contributed by atoms with van der Waals surface area (Å²) in [6.07, 6.45) is 0.845. The Morgan fingerprint density at radius 1 is 1.20 bits per heavy atom. The largest absolute Gasteiger partial charge is 0.506 e. The van der Waals surface area contributed by atoms with Crippen molar-refractivity contribution in [1.29, 1.82) is 0 Å². The van der Waals surface area contributed by atoms with Crippen molar-refractivity contribution < 1.29 is 5.11 Å². The maximum absolute atomic E-state index is 9.85. The highest BCUT2D eigenvalue weighted by Gasteiger charge is 2.15. The first-order valence-corrected chi connectivity index (χ1v) is 5.88. The van der Waals surface area contributed by atoms with Gasteiger partial charge in [-0.1, -0.05) is 0 Å². The highest BCUT2D eigenvalue weighted by molar-refractivity contribution is 9.10. The quantitative estimate of drug-likeness (QED) is 0.869. The van der Waals surface area contributed by atoms with Gasteiger partial charge in [-0.2, -0.15) is 0 Å². The van der Waals surface area contributed by atoms with Crippen molar-refractivity contribution in [3.8, 4) is 5.75 Å². The van der Waals surface area contributed by atoms with Crippen molar-refractivity contribution in [2.45, 2.75) is 40.2 Å². The number of phenolic OH excluding ortho intramolecular Hbond substituents is 1. The summed E-state index contributed by atoms with van der Waals surface area (Å²) in [6.45, 7) is 7.97. The van der Waals surface area contributed by atoms with E-state index in [1.54, 1.807) is 0 Å². The topological polar surface area (TPSA) is 46.2 Å². The minimum atomic E-state index is 0.137. The molecule has 0 saturated carbocycles. The van der Waals surface area contributed by atoms with Gasteiger partial charge in [0.25, 0.3) is 0 Å². The fourth-order valence-corrected chi connectivity index (χ4v) is 2.32. The van der Waals surface area contributed by atoms with Gasteiger partial charge >= 0.3 is 0 Å². The van der Waals surface area contributed by atoms with Crippen molar-refractivity contribution in [2.75, 3.05) is 0 Å². The van der Waals surface area contributed by atoms with E-state index in [1.807, 2.05) is 27.7 Å². The van der Waals surface area contributed by atoms with E-state index in [0.29, 0.717) is 5.75 Å². The average Bonchev–Trinajstić information content (AvgIpc) is 2.18. The van der Waals surface area contributed by atoms with Gasteiger partial charge in [-0.15, -0.1) is 0 Å². The van der Waals surface area contributed by atoms with Crippen LogP contribution in [-0.4, -0.2) is 11.1 Å². The van der Waals surface area contributed by atoms with Crippen molar-refractivity contribution in [1.82, 2.24) is 0 Å². The van der Waals surface area contributed by atoms with Gasteiger partial charge in [0.15, 0.2) is 0 Å². The van der Waals surface area contributed by atoms with Crippen LogP contribution in [0.25, 0.3) is 0 Å². The molecule has 0 bridgehead atoms. The van der Waals surface area contributed by atoms with Gasteiger partial charge in [-0.05, 0) is 72.3 Å². The Balaban J connectivity index is 3.39. The molecule has 0 radical (unpaired) electrons. The summed E-state index contributed by atoms with van der Waals surface area (Å²) in [5.74, 6) is 0.346. The van der Waals surface area contributed by atoms with Gasteiger partial charge in [-0.3, -0.25) is 0 Å². The SMILES string of the molecule is Cc1c(C)c(CC(C)N)c(C)c(Br)c1O. The van der Waals surface area contributed by atoms with Gasteiger partial charge in [0.1, 0.15) is 5.75 Å². The van der Waals surface area contributed by atoms with E-state index >= 15 is 0 Å². The molecule has 1 aromatic carbocycles. The molecule has 0 aliphatic heterocycles. The third-order valence-electron chi connectivity index (χ3n) is 2.89. The number of hydrogen-bond donors (Lipinski definition) is 2. The molecule has 0 aliphatic carbocycles. The van der Waals surface area contributed by atoms with Crippen LogP contribution in [0.15, 0.2) is 4.47 Å². The van der Waals surface area contributed by atoms with Crippen LogP contribution in [0.3, 0.4) is 0 Å². The number of phenols is 1.